The van der Waals surface area contributed by atoms with Crippen LogP contribution in [0.25, 0.3) is 0 Å². The summed E-state index contributed by atoms with van der Waals surface area (Å²) in [4.78, 5) is 0. The molecular formula is C9H14. The van der Waals surface area contributed by atoms with Crippen LogP contribution in [0, 0.1) is 0 Å². The van der Waals surface area contributed by atoms with E-state index < -0.39 is 0 Å². The molecule has 0 bridgehead atoms. The molecule has 0 aromatic carbocycles. The van der Waals surface area contributed by atoms with Gasteiger partial charge in [0.15, 0.2) is 0 Å². The minimum atomic E-state index is 1.30. The average molecular weight is 122 g/mol. The monoisotopic (exact) mass is 122 g/mol. The van der Waals surface area contributed by atoms with Gasteiger partial charge in [-0.2, -0.15) is 0 Å². The Kier molecular flexibility index (Phi) is 2.10. The van der Waals surface area contributed by atoms with Gasteiger partial charge in [-0.05, 0) is 44.3 Å². The Morgan fingerprint density at radius 3 is 1.78 bits per heavy atom. The predicted octanol–water partition coefficient (Wildman–Crippen LogP) is 3.06. The van der Waals surface area contributed by atoms with Gasteiger partial charge in [0, 0.05) is 0 Å². The highest BCUT2D eigenvalue weighted by Crippen LogP contribution is 2.29. The lowest BCUT2D eigenvalue weighted by molar-refractivity contribution is 0.931. The van der Waals surface area contributed by atoms with Gasteiger partial charge in [0.25, 0.3) is 0 Å². The molecule has 0 unspecified atom stereocenters. The molecular weight excluding hydrogens is 108 g/mol. The Morgan fingerprint density at radius 2 is 1.44 bits per heavy atom. The number of hydrogen-bond acceptors (Lipinski definition) is 0. The topological polar surface area (TPSA) is 0 Å². The van der Waals surface area contributed by atoms with Crippen molar-refractivity contribution >= 4 is 0 Å². The first-order valence-electron chi connectivity index (χ1n) is 3.69. The van der Waals surface area contributed by atoms with Gasteiger partial charge < -0.3 is 0 Å². The maximum Gasteiger partial charge on any atom is -0.0276 e. The van der Waals surface area contributed by atoms with E-state index in [-0.39, 0.29) is 0 Å². The molecule has 0 aromatic rings. The third-order valence-corrected chi connectivity index (χ3v) is 2.00. The predicted molar refractivity (Wildman–Crippen MR) is 41.4 cm³/mol. The van der Waals surface area contributed by atoms with Crippen molar-refractivity contribution in [2.75, 3.05) is 0 Å². The normalized spacial score (nSPS) is 28.2. The van der Waals surface area contributed by atoms with Crippen molar-refractivity contribution in [2.24, 2.45) is 0 Å². The van der Waals surface area contributed by atoms with Crippen molar-refractivity contribution in [1.82, 2.24) is 0 Å². The van der Waals surface area contributed by atoms with Gasteiger partial charge in [0.05, 0.1) is 0 Å². The van der Waals surface area contributed by atoms with Gasteiger partial charge in [0.1, 0.15) is 0 Å². The smallest absolute Gasteiger partial charge is 0.0276 e. The Bertz CT molecular complexity index is 131. The second-order valence-corrected chi connectivity index (χ2v) is 2.48. The van der Waals surface area contributed by atoms with Gasteiger partial charge in [-0.3, -0.25) is 0 Å². The van der Waals surface area contributed by atoms with Crippen LogP contribution in [-0.2, 0) is 0 Å². The standard InChI is InChI=1S/C9H14/c1-3-8-6-5-7-9(8)4-2/h3-4H,5-7H2,1-2H3/b8-3-,9-4-. The SMILES string of the molecule is C/C=C1/CCC/C1=C/C. The summed E-state index contributed by atoms with van der Waals surface area (Å²) < 4.78 is 0. The largest absolute Gasteiger partial charge is 0.0842 e. The molecule has 1 aliphatic carbocycles. The van der Waals surface area contributed by atoms with Crippen molar-refractivity contribution in [1.29, 1.82) is 0 Å². The van der Waals surface area contributed by atoms with Crippen molar-refractivity contribution in [3.05, 3.63) is 23.3 Å². The van der Waals surface area contributed by atoms with E-state index in [1.165, 1.54) is 19.3 Å². The summed E-state index contributed by atoms with van der Waals surface area (Å²) >= 11 is 0. The van der Waals surface area contributed by atoms with Gasteiger partial charge in [-0.25, -0.2) is 0 Å². The quantitative estimate of drug-likeness (QED) is 0.463. The van der Waals surface area contributed by atoms with E-state index in [0.29, 0.717) is 0 Å². The fourth-order valence-corrected chi connectivity index (χ4v) is 1.45. The fraction of sp³-hybridized carbons (Fsp3) is 0.556. The van der Waals surface area contributed by atoms with E-state index in [1.807, 2.05) is 0 Å². The van der Waals surface area contributed by atoms with Crippen LogP contribution < -0.4 is 0 Å². The second kappa shape index (κ2) is 2.86. The Morgan fingerprint density at radius 1 is 1.00 bits per heavy atom. The van der Waals surface area contributed by atoms with Crippen LogP contribution in [0.4, 0.5) is 0 Å². The van der Waals surface area contributed by atoms with Gasteiger partial charge in [-0.15, -0.1) is 0 Å². The number of rotatable bonds is 0. The molecule has 0 aromatic heterocycles. The van der Waals surface area contributed by atoms with Crippen LogP contribution in [0.3, 0.4) is 0 Å². The molecule has 0 atom stereocenters. The van der Waals surface area contributed by atoms with E-state index in [2.05, 4.69) is 26.0 Å². The van der Waals surface area contributed by atoms with Crippen LogP contribution in [0.15, 0.2) is 23.3 Å². The Labute approximate surface area is 57.3 Å². The van der Waals surface area contributed by atoms with E-state index in [1.54, 1.807) is 11.1 Å². The lowest BCUT2D eigenvalue weighted by Gasteiger charge is -1.94. The number of allylic oxidation sites excluding steroid dienone is 4. The molecule has 0 aliphatic heterocycles. The van der Waals surface area contributed by atoms with Crippen LogP contribution in [0.1, 0.15) is 33.1 Å². The summed E-state index contributed by atoms with van der Waals surface area (Å²) in [5, 5.41) is 0. The zero-order chi connectivity index (χ0) is 6.69. The first-order valence-corrected chi connectivity index (χ1v) is 3.69. The van der Waals surface area contributed by atoms with Gasteiger partial charge in [-0.1, -0.05) is 12.2 Å². The molecule has 9 heavy (non-hydrogen) atoms. The summed E-state index contributed by atoms with van der Waals surface area (Å²) in [6.07, 6.45) is 8.44. The lowest BCUT2D eigenvalue weighted by Crippen LogP contribution is -1.74. The zero-order valence-corrected chi connectivity index (χ0v) is 6.28. The molecule has 1 fully saturated rings. The second-order valence-electron chi connectivity index (χ2n) is 2.48. The molecule has 1 saturated carbocycles. The highest BCUT2D eigenvalue weighted by atomic mass is 14.1. The molecule has 0 nitrogen and oxygen atoms in total. The van der Waals surface area contributed by atoms with Crippen LogP contribution in [0.5, 0.6) is 0 Å². The van der Waals surface area contributed by atoms with Crippen molar-refractivity contribution in [3.63, 3.8) is 0 Å². The van der Waals surface area contributed by atoms with E-state index in [0.717, 1.165) is 0 Å². The Hall–Kier alpha value is -0.520. The molecule has 0 radical (unpaired) electrons. The summed E-state index contributed by atoms with van der Waals surface area (Å²) in [7, 11) is 0. The molecule has 50 valence electrons. The van der Waals surface area contributed by atoms with E-state index >= 15 is 0 Å². The van der Waals surface area contributed by atoms with Crippen LogP contribution >= 0.6 is 0 Å². The molecule has 1 rings (SSSR count). The third-order valence-electron chi connectivity index (χ3n) is 2.00. The fourth-order valence-electron chi connectivity index (χ4n) is 1.45. The Balaban J connectivity index is 2.75. The molecule has 0 heterocycles. The summed E-state index contributed by atoms with van der Waals surface area (Å²) in [6.45, 7) is 4.26. The number of hydrogen-bond donors (Lipinski definition) is 0. The van der Waals surface area contributed by atoms with Crippen molar-refractivity contribution in [3.8, 4) is 0 Å². The van der Waals surface area contributed by atoms with Crippen molar-refractivity contribution in [2.45, 2.75) is 33.1 Å². The molecule has 0 spiro atoms. The summed E-state index contributed by atoms with van der Waals surface area (Å²) in [5.41, 5.74) is 3.13. The maximum atomic E-state index is 2.24. The molecule has 0 heteroatoms. The first kappa shape index (κ1) is 6.60. The highest BCUT2D eigenvalue weighted by Gasteiger charge is 2.09. The summed E-state index contributed by atoms with van der Waals surface area (Å²) in [5.74, 6) is 0. The highest BCUT2D eigenvalue weighted by molar-refractivity contribution is 5.33. The summed E-state index contributed by atoms with van der Waals surface area (Å²) in [6, 6.07) is 0. The third kappa shape index (κ3) is 1.24. The molecule has 0 N–H and O–H groups in total. The molecule has 1 aliphatic rings. The van der Waals surface area contributed by atoms with Gasteiger partial charge >= 0.3 is 0 Å². The minimum absolute atomic E-state index is 1.30. The van der Waals surface area contributed by atoms with Crippen LogP contribution in [-0.4, -0.2) is 0 Å². The first-order chi connectivity index (χ1) is 4.38. The zero-order valence-electron chi connectivity index (χ0n) is 6.28. The molecule has 0 amide bonds. The van der Waals surface area contributed by atoms with E-state index in [4.69, 9.17) is 0 Å². The van der Waals surface area contributed by atoms with Crippen LogP contribution in [0.2, 0.25) is 0 Å². The minimum Gasteiger partial charge on any atom is -0.0842 e. The average Bonchev–Trinajstić information content (AvgIpc) is 2.33. The lowest BCUT2D eigenvalue weighted by atomic mass is 10.1. The van der Waals surface area contributed by atoms with Crippen molar-refractivity contribution < 1.29 is 0 Å². The molecule has 0 saturated heterocycles. The maximum absolute atomic E-state index is 2.24. The van der Waals surface area contributed by atoms with Gasteiger partial charge in [0.2, 0.25) is 0 Å². The van der Waals surface area contributed by atoms with E-state index in [9.17, 15) is 0 Å².